The Kier molecular flexibility index (Phi) is 6.44. The summed E-state index contributed by atoms with van der Waals surface area (Å²) in [5.74, 6) is -0.377. The van der Waals surface area contributed by atoms with Crippen LogP contribution in [0.5, 0.6) is 0 Å². The number of carbonyl (C=O) groups is 2. The molecule has 32 heavy (non-hydrogen) atoms. The summed E-state index contributed by atoms with van der Waals surface area (Å²) in [7, 11) is 0. The van der Waals surface area contributed by atoms with E-state index in [2.05, 4.69) is 20.6 Å². The van der Waals surface area contributed by atoms with E-state index in [4.69, 9.17) is 23.2 Å². The van der Waals surface area contributed by atoms with Crippen LogP contribution in [0.3, 0.4) is 0 Å². The number of rotatable bonds is 5. The molecule has 6 nitrogen and oxygen atoms in total. The minimum Gasteiger partial charge on any atom is -0.322 e. The second kappa shape index (κ2) is 9.60. The second-order valence-electron chi connectivity index (χ2n) is 6.73. The van der Waals surface area contributed by atoms with E-state index in [9.17, 15) is 9.59 Å². The molecule has 0 aliphatic heterocycles. The van der Waals surface area contributed by atoms with Crippen molar-refractivity contribution in [2.75, 3.05) is 10.6 Å². The molecular formula is C24H16Cl2N4O2. The summed E-state index contributed by atoms with van der Waals surface area (Å²) in [6.07, 6.45) is 3.24. The zero-order valence-electron chi connectivity index (χ0n) is 16.5. The van der Waals surface area contributed by atoms with E-state index in [1.165, 1.54) is 18.2 Å². The molecule has 158 valence electrons. The van der Waals surface area contributed by atoms with Crippen molar-refractivity contribution >= 4 is 46.5 Å². The number of amides is 2. The monoisotopic (exact) mass is 462 g/mol. The molecule has 2 N–H and O–H groups in total. The van der Waals surface area contributed by atoms with Gasteiger partial charge >= 0.3 is 0 Å². The van der Waals surface area contributed by atoms with Gasteiger partial charge in [0.05, 0.1) is 21.3 Å². The van der Waals surface area contributed by atoms with Crippen molar-refractivity contribution in [1.29, 1.82) is 0 Å². The summed E-state index contributed by atoms with van der Waals surface area (Å²) in [5, 5.41) is 6.14. The van der Waals surface area contributed by atoms with Crippen LogP contribution in [0.4, 0.5) is 11.5 Å². The molecule has 0 fully saturated rings. The maximum atomic E-state index is 12.8. The fourth-order valence-corrected chi connectivity index (χ4v) is 3.47. The number of pyridine rings is 2. The number of hydrogen-bond donors (Lipinski definition) is 2. The molecule has 2 aromatic heterocycles. The molecule has 0 saturated carbocycles. The molecule has 4 rings (SSSR count). The van der Waals surface area contributed by atoms with E-state index in [1.54, 1.807) is 48.8 Å². The van der Waals surface area contributed by atoms with E-state index in [1.807, 2.05) is 18.2 Å². The molecule has 2 aromatic carbocycles. The normalized spacial score (nSPS) is 10.4. The fraction of sp³-hybridized carbons (Fsp3) is 0. The molecule has 4 aromatic rings. The number of nitrogens with zero attached hydrogens (tertiary/aromatic N) is 2. The molecule has 0 aliphatic carbocycles. The maximum Gasteiger partial charge on any atom is 0.257 e. The van der Waals surface area contributed by atoms with Gasteiger partial charge in [-0.15, -0.1) is 0 Å². The van der Waals surface area contributed by atoms with E-state index < -0.39 is 5.91 Å². The van der Waals surface area contributed by atoms with Crippen LogP contribution in [0, 0.1) is 0 Å². The first-order valence-electron chi connectivity index (χ1n) is 9.55. The quantitative estimate of drug-likeness (QED) is 0.383. The zero-order valence-corrected chi connectivity index (χ0v) is 18.1. The van der Waals surface area contributed by atoms with Gasteiger partial charge < -0.3 is 10.6 Å². The average Bonchev–Trinajstić information content (AvgIpc) is 2.81. The summed E-state index contributed by atoms with van der Waals surface area (Å²) in [6, 6.07) is 20.3. The Morgan fingerprint density at radius 1 is 0.719 bits per heavy atom. The molecule has 0 unspecified atom stereocenters. The molecule has 0 atom stereocenters. The van der Waals surface area contributed by atoms with Crippen LogP contribution in [0.25, 0.3) is 11.3 Å². The number of carbonyl (C=O) groups excluding carboxylic acids is 2. The largest absolute Gasteiger partial charge is 0.322 e. The third kappa shape index (κ3) is 4.94. The predicted molar refractivity (Wildman–Crippen MR) is 126 cm³/mol. The lowest BCUT2D eigenvalue weighted by Gasteiger charge is -2.11. The summed E-state index contributed by atoms with van der Waals surface area (Å²) in [6.45, 7) is 0. The molecule has 0 spiro atoms. The van der Waals surface area contributed by atoms with Gasteiger partial charge in [-0.2, -0.15) is 0 Å². The van der Waals surface area contributed by atoms with Gasteiger partial charge in [-0.25, -0.2) is 4.98 Å². The molecular weight excluding hydrogens is 447 g/mol. The van der Waals surface area contributed by atoms with Crippen LogP contribution < -0.4 is 10.6 Å². The van der Waals surface area contributed by atoms with E-state index in [-0.39, 0.29) is 16.5 Å². The Labute approximate surface area is 194 Å². The summed E-state index contributed by atoms with van der Waals surface area (Å²) in [5.41, 5.74) is 2.46. The SMILES string of the molecule is O=C(Nc1ccccn1)c1ccc(C(=O)Nc2ccc(Cl)c(-c3ccccn3)c2)c(Cl)c1. The Morgan fingerprint density at radius 2 is 1.50 bits per heavy atom. The fourth-order valence-electron chi connectivity index (χ4n) is 2.99. The van der Waals surface area contributed by atoms with Gasteiger partial charge in [-0.3, -0.25) is 14.6 Å². The minimum absolute atomic E-state index is 0.148. The molecule has 0 saturated heterocycles. The molecule has 8 heteroatoms. The summed E-state index contributed by atoms with van der Waals surface area (Å²) < 4.78 is 0. The van der Waals surface area contributed by atoms with Gasteiger partial charge in [0.15, 0.2) is 0 Å². The summed E-state index contributed by atoms with van der Waals surface area (Å²) >= 11 is 12.6. The number of nitrogens with one attached hydrogen (secondary N) is 2. The van der Waals surface area contributed by atoms with Crippen LogP contribution in [0.2, 0.25) is 10.0 Å². The summed E-state index contributed by atoms with van der Waals surface area (Å²) in [4.78, 5) is 33.5. The molecule has 2 amide bonds. The minimum atomic E-state index is -0.416. The molecule has 2 heterocycles. The molecule has 0 bridgehead atoms. The Bertz CT molecular complexity index is 1280. The van der Waals surface area contributed by atoms with Gasteiger partial charge in [-0.1, -0.05) is 35.3 Å². The lowest BCUT2D eigenvalue weighted by Crippen LogP contribution is -2.15. The van der Waals surface area contributed by atoms with Crippen LogP contribution >= 0.6 is 23.2 Å². The smallest absolute Gasteiger partial charge is 0.257 e. The third-order valence-electron chi connectivity index (χ3n) is 4.55. The number of aromatic nitrogens is 2. The van der Waals surface area contributed by atoms with Crippen LogP contribution in [-0.4, -0.2) is 21.8 Å². The first-order valence-corrected chi connectivity index (χ1v) is 10.3. The van der Waals surface area contributed by atoms with Gasteiger partial charge in [0, 0.05) is 29.2 Å². The highest BCUT2D eigenvalue weighted by molar-refractivity contribution is 6.35. The van der Waals surface area contributed by atoms with Gasteiger partial charge in [0.1, 0.15) is 5.82 Å². The Morgan fingerprint density at radius 3 is 2.19 bits per heavy atom. The average molecular weight is 463 g/mol. The number of anilines is 2. The van der Waals surface area contributed by atoms with Crippen LogP contribution in [0.15, 0.2) is 85.2 Å². The Hall–Kier alpha value is -3.74. The number of benzene rings is 2. The highest BCUT2D eigenvalue weighted by Crippen LogP contribution is 2.29. The van der Waals surface area contributed by atoms with Crippen molar-refractivity contribution in [3.05, 3.63) is 106 Å². The van der Waals surface area contributed by atoms with Crippen molar-refractivity contribution in [3.63, 3.8) is 0 Å². The van der Waals surface area contributed by atoms with E-state index in [0.717, 1.165) is 0 Å². The van der Waals surface area contributed by atoms with Crippen molar-refractivity contribution in [3.8, 4) is 11.3 Å². The van der Waals surface area contributed by atoms with Gasteiger partial charge in [0.25, 0.3) is 11.8 Å². The second-order valence-corrected chi connectivity index (χ2v) is 7.54. The van der Waals surface area contributed by atoms with Gasteiger partial charge in [0.2, 0.25) is 0 Å². The van der Waals surface area contributed by atoms with Gasteiger partial charge in [-0.05, 0) is 60.7 Å². The van der Waals surface area contributed by atoms with Crippen molar-refractivity contribution < 1.29 is 9.59 Å². The maximum absolute atomic E-state index is 12.8. The molecule has 0 radical (unpaired) electrons. The topological polar surface area (TPSA) is 84.0 Å². The van der Waals surface area contributed by atoms with Crippen LogP contribution in [0.1, 0.15) is 20.7 Å². The Balaban J connectivity index is 1.51. The predicted octanol–water partition coefficient (Wildman–Crippen LogP) is 5.96. The standard InChI is InChI=1S/C24H16Cl2N4O2/c25-19-10-8-16(14-18(19)21-5-1-3-11-27-21)29-24(32)17-9-7-15(13-20(17)26)23(31)30-22-6-2-4-12-28-22/h1-14H,(H,29,32)(H,28,30,31). The third-order valence-corrected chi connectivity index (χ3v) is 5.19. The van der Waals surface area contributed by atoms with Crippen molar-refractivity contribution in [1.82, 2.24) is 9.97 Å². The van der Waals surface area contributed by atoms with Crippen LogP contribution in [-0.2, 0) is 0 Å². The first-order chi connectivity index (χ1) is 15.5. The lowest BCUT2D eigenvalue weighted by molar-refractivity contribution is 0.101. The number of hydrogen-bond acceptors (Lipinski definition) is 4. The highest BCUT2D eigenvalue weighted by Gasteiger charge is 2.15. The lowest BCUT2D eigenvalue weighted by atomic mass is 10.1. The highest BCUT2D eigenvalue weighted by atomic mass is 35.5. The first kappa shape index (κ1) is 21.5. The van der Waals surface area contributed by atoms with Crippen molar-refractivity contribution in [2.45, 2.75) is 0 Å². The molecule has 0 aliphatic rings. The zero-order chi connectivity index (χ0) is 22.5. The van der Waals surface area contributed by atoms with E-state index >= 15 is 0 Å². The van der Waals surface area contributed by atoms with Crippen molar-refractivity contribution in [2.24, 2.45) is 0 Å². The number of halogens is 2. The van der Waals surface area contributed by atoms with E-state index in [0.29, 0.717) is 33.3 Å².